The normalized spacial score (nSPS) is 16.3. The average molecular weight is 340 g/mol. The number of rotatable bonds is 5. The maximum Gasteiger partial charge on any atom is 0.287 e. The molecule has 0 atom stereocenters. The van der Waals surface area contributed by atoms with Crippen LogP contribution >= 0.6 is 0 Å². The largest absolute Gasteiger partial charge is 0.467 e. The summed E-state index contributed by atoms with van der Waals surface area (Å²) < 4.78 is 41.5. The lowest BCUT2D eigenvalue weighted by Gasteiger charge is -2.24. The summed E-state index contributed by atoms with van der Waals surface area (Å²) in [6, 6.07) is 6.05. The van der Waals surface area contributed by atoms with Gasteiger partial charge in [0.2, 0.25) is 5.09 Å². The Morgan fingerprint density at radius 2 is 2.00 bits per heavy atom. The zero-order chi connectivity index (χ0) is 16.3. The minimum Gasteiger partial charge on any atom is -0.467 e. The highest BCUT2D eigenvalue weighted by Crippen LogP contribution is 2.20. The van der Waals surface area contributed by atoms with Crippen molar-refractivity contribution in [2.45, 2.75) is 11.6 Å². The first-order chi connectivity index (χ1) is 11.1. The Kier molecular flexibility index (Phi) is 4.51. The number of ether oxygens (including phenoxy) is 1. The van der Waals surface area contributed by atoms with Crippen molar-refractivity contribution < 1.29 is 26.8 Å². The summed E-state index contributed by atoms with van der Waals surface area (Å²) in [6.07, 6.45) is 1.50. The summed E-state index contributed by atoms with van der Waals surface area (Å²) in [5, 5.41) is 2.34. The van der Waals surface area contributed by atoms with Gasteiger partial charge in [-0.1, -0.05) is 0 Å². The highest BCUT2D eigenvalue weighted by molar-refractivity contribution is 7.89. The molecule has 8 nitrogen and oxygen atoms in total. The molecule has 1 saturated heterocycles. The molecule has 1 N–H and O–H groups in total. The van der Waals surface area contributed by atoms with Crippen LogP contribution in [0, 0.1) is 0 Å². The predicted octanol–water partition coefficient (Wildman–Crippen LogP) is 0.823. The van der Waals surface area contributed by atoms with Crippen molar-refractivity contribution in [3.05, 3.63) is 42.0 Å². The Bertz CT molecular complexity index is 759. The van der Waals surface area contributed by atoms with Crippen LogP contribution in [0.2, 0.25) is 0 Å². The van der Waals surface area contributed by atoms with E-state index < -0.39 is 15.9 Å². The van der Waals surface area contributed by atoms with Crippen LogP contribution < -0.4 is 5.32 Å². The van der Waals surface area contributed by atoms with Gasteiger partial charge in [0, 0.05) is 13.1 Å². The fraction of sp³-hybridized carbons (Fsp3) is 0.357. The molecule has 3 heterocycles. The van der Waals surface area contributed by atoms with E-state index in [1.807, 2.05) is 0 Å². The standard InChI is InChI=1S/C14H16N2O6S/c17-14(15-10-11-2-1-7-21-11)12-3-4-13(22-12)23(18,19)16-5-8-20-9-6-16/h1-4,7H,5-6,8-10H2,(H,15,17). The maximum absolute atomic E-state index is 12.4. The van der Waals surface area contributed by atoms with E-state index in [-0.39, 0.29) is 30.5 Å². The first-order valence-electron chi connectivity index (χ1n) is 7.06. The molecule has 1 amide bonds. The molecule has 1 aliphatic rings. The smallest absolute Gasteiger partial charge is 0.287 e. The number of nitrogens with zero attached hydrogens (tertiary/aromatic N) is 1. The van der Waals surface area contributed by atoms with Crippen molar-refractivity contribution in [2.75, 3.05) is 26.3 Å². The summed E-state index contributed by atoms with van der Waals surface area (Å²) in [5.74, 6) is 0.0132. The number of morpholine rings is 1. The van der Waals surface area contributed by atoms with Crippen LogP contribution in [0.1, 0.15) is 16.3 Å². The average Bonchev–Trinajstić information content (AvgIpc) is 3.25. The second-order valence-electron chi connectivity index (χ2n) is 4.90. The summed E-state index contributed by atoms with van der Waals surface area (Å²) >= 11 is 0. The van der Waals surface area contributed by atoms with Gasteiger partial charge in [-0.2, -0.15) is 4.31 Å². The summed E-state index contributed by atoms with van der Waals surface area (Å²) in [4.78, 5) is 12.0. The molecule has 0 aromatic carbocycles. The molecule has 124 valence electrons. The molecule has 1 aliphatic heterocycles. The van der Waals surface area contributed by atoms with E-state index in [1.54, 1.807) is 12.1 Å². The number of sulfonamides is 1. The minimum atomic E-state index is -3.74. The number of amides is 1. The van der Waals surface area contributed by atoms with Gasteiger partial charge < -0.3 is 18.9 Å². The van der Waals surface area contributed by atoms with Crippen LogP contribution in [-0.2, 0) is 21.3 Å². The summed E-state index contributed by atoms with van der Waals surface area (Å²) in [6.45, 7) is 1.41. The van der Waals surface area contributed by atoms with E-state index in [1.165, 1.54) is 22.7 Å². The molecular weight excluding hydrogens is 324 g/mol. The van der Waals surface area contributed by atoms with Gasteiger partial charge in [0.1, 0.15) is 5.76 Å². The first kappa shape index (κ1) is 15.8. The quantitative estimate of drug-likeness (QED) is 0.865. The van der Waals surface area contributed by atoms with Crippen molar-refractivity contribution in [3.8, 4) is 0 Å². The molecule has 1 fully saturated rings. The van der Waals surface area contributed by atoms with Crippen LogP contribution in [-0.4, -0.2) is 44.9 Å². The number of hydrogen-bond donors (Lipinski definition) is 1. The van der Waals surface area contributed by atoms with Gasteiger partial charge in [-0.05, 0) is 24.3 Å². The fourth-order valence-corrected chi connectivity index (χ4v) is 3.48. The monoisotopic (exact) mass is 340 g/mol. The van der Waals surface area contributed by atoms with Gasteiger partial charge in [-0.15, -0.1) is 0 Å². The number of carbonyl (C=O) groups excluding carboxylic acids is 1. The second kappa shape index (κ2) is 6.57. The van der Waals surface area contributed by atoms with Crippen molar-refractivity contribution in [1.82, 2.24) is 9.62 Å². The Labute approximate surface area is 133 Å². The van der Waals surface area contributed by atoms with Gasteiger partial charge >= 0.3 is 0 Å². The lowest BCUT2D eigenvalue weighted by atomic mass is 10.4. The Morgan fingerprint density at radius 1 is 1.22 bits per heavy atom. The molecule has 0 unspecified atom stereocenters. The number of nitrogens with one attached hydrogen (secondary N) is 1. The molecule has 23 heavy (non-hydrogen) atoms. The first-order valence-corrected chi connectivity index (χ1v) is 8.50. The lowest BCUT2D eigenvalue weighted by molar-refractivity contribution is 0.0722. The van der Waals surface area contributed by atoms with Crippen LogP contribution in [0.3, 0.4) is 0 Å². The zero-order valence-electron chi connectivity index (χ0n) is 12.2. The van der Waals surface area contributed by atoms with E-state index >= 15 is 0 Å². The fourth-order valence-electron chi connectivity index (χ4n) is 2.16. The van der Waals surface area contributed by atoms with Crippen LogP contribution in [0.25, 0.3) is 0 Å². The molecule has 9 heteroatoms. The highest BCUT2D eigenvalue weighted by Gasteiger charge is 2.30. The molecule has 0 aliphatic carbocycles. The third-order valence-electron chi connectivity index (χ3n) is 3.37. The van der Waals surface area contributed by atoms with E-state index in [4.69, 9.17) is 13.6 Å². The molecular formula is C14H16N2O6S. The van der Waals surface area contributed by atoms with Gasteiger partial charge in [0.15, 0.2) is 5.76 Å². The second-order valence-corrected chi connectivity index (χ2v) is 6.77. The third kappa shape index (κ3) is 3.46. The Hall–Kier alpha value is -2.10. The number of carbonyl (C=O) groups is 1. The zero-order valence-corrected chi connectivity index (χ0v) is 13.0. The van der Waals surface area contributed by atoms with Gasteiger partial charge in [0.05, 0.1) is 26.0 Å². The van der Waals surface area contributed by atoms with E-state index in [0.29, 0.717) is 19.0 Å². The van der Waals surface area contributed by atoms with Gasteiger partial charge in [-0.3, -0.25) is 4.79 Å². The maximum atomic E-state index is 12.4. The van der Waals surface area contributed by atoms with Crippen molar-refractivity contribution >= 4 is 15.9 Å². The third-order valence-corrected chi connectivity index (χ3v) is 5.15. The van der Waals surface area contributed by atoms with Crippen molar-refractivity contribution in [3.63, 3.8) is 0 Å². The summed E-state index contributed by atoms with van der Waals surface area (Å²) in [5.41, 5.74) is 0. The molecule has 0 bridgehead atoms. The molecule has 0 radical (unpaired) electrons. The topological polar surface area (TPSA) is 102 Å². The van der Waals surface area contributed by atoms with Crippen LogP contribution in [0.4, 0.5) is 0 Å². The van der Waals surface area contributed by atoms with Gasteiger partial charge in [-0.25, -0.2) is 8.42 Å². The van der Waals surface area contributed by atoms with E-state index in [9.17, 15) is 13.2 Å². The Morgan fingerprint density at radius 3 is 2.70 bits per heavy atom. The molecule has 0 saturated carbocycles. The van der Waals surface area contributed by atoms with Gasteiger partial charge in [0.25, 0.3) is 15.9 Å². The van der Waals surface area contributed by atoms with E-state index in [0.717, 1.165) is 0 Å². The van der Waals surface area contributed by atoms with Crippen LogP contribution in [0.15, 0.2) is 44.5 Å². The minimum absolute atomic E-state index is 0.0663. The van der Waals surface area contributed by atoms with Crippen molar-refractivity contribution in [2.24, 2.45) is 0 Å². The molecule has 2 aromatic rings. The van der Waals surface area contributed by atoms with Crippen molar-refractivity contribution in [1.29, 1.82) is 0 Å². The SMILES string of the molecule is O=C(NCc1ccco1)c1ccc(S(=O)(=O)N2CCOCC2)o1. The summed E-state index contributed by atoms with van der Waals surface area (Å²) in [7, 11) is -3.74. The number of hydrogen-bond acceptors (Lipinski definition) is 6. The molecule has 3 rings (SSSR count). The molecule has 2 aromatic heterocycles. The van der Waals surface area contributed by atoms with Crippen LogP contribution in [0.5, 0.6) is 0 Å². The highest BCUT2D eigenvalue weighted by atomic mass is 32.2. The van der Waals surface area contributed by atoms with E-state index in [2.05, 4.69) is 5.32 Å². The predicted molar refractivity (Wildman–Crippen MR) is 78.2 cm³/mol. The molecule has 0 spiro atoms. The number of furan rings is 2. The lowest BCUT2D eigenvalue weighted by Crippen LogP contribution is -2.40. The Balaban J connectivity index is 1.68.